The summed E-state index contributed by atoms with van der Waals surface area (Å²) in [5, 5.41) is 2.97. The van der Waals surface area contributed by atoms with Crippen molar-refractivity contribution in [2.24, 2.45) is 11.8 Å². The molecule has 1 aromatic heterocycles. The van der Waals surface area contributed by atoms with Gasteiger partial charge < -0.3 is 16.0 Å². The fourth-order valence-electron chi connectivity index (χ4n) is 4.69. The Morgan fingerprint density at radius 2 is 1.94 bits per heavy atom. The van der Waals surface area contributed by atoms with Gasteiger partial charge in [0.2, 0.25) is 11.8 Å². The number of likely N-dealkylation sites (tertiary alicyclic amines) is 1. The van der Waals surface area contributed by atoms with E-state index in [-0.39, 0.29) is 23.8 Å². The number of carbonyl (C=O) groups is 2. The van der Waals surface area contributed by atoms with Crippen LogP contribution in [0.4, 0.5) is 5.82 Å². The molecule has 0 radical (unpaired) electrons. The summed E-state index contributed by atoms with van der Waals surface area (Å²) in [4.78, 5) is 31.8. The molecule has 1 saturated carbocycles. The lowest BCUT2D eigenvalue weighted by Crippen LogP contribution is -2.59. The lowest BCUT2D eigenvalue weighted by molar-refractivity contribution is -0.150. The van der Waals surface area contributed by atoms with E-state index in [0.717, 1.165) is 47.8 Å². The van der Waals surface area contributed by atoms with Crippen molar-refractivity contribution in [2.75, 3.05) is 12.3 Å². The number of nitrogens with zero attached hydrogens (tertiary/aromatic N) is 2. The summed E-state index contributed by atoms with van der Waals surface area (Å²) < 4.78 is 1.08. The molecule has 1 saturated heterocycles. The smallest absolute Gasteiger partial charge is 0.243 e. The van der Waals surface area contributed by atoms with E-state index in [1.165, 1.54) is 5.56 Å². The molecule has 164 valence electrons. The minimum Gasteiger partial charge on any atom is -0.384 e. The Hall–Kier alpha value is -2.41. The summed E-state index contributed by atoms with van der Waals surface area (Å²) in [5.74, 6) is 1.11. The van der Waals surface area contributed by atoms with E-state index in [1.54, 1.807) is 11.0 Å². The molecule has 1 aromatic carbocycles. The van der Waals surface area contributed by atoms with E-state index in [1.807, 2.05) is 13.0 Å². The average Bonchev–Trinajstić information content (AvgIpc) is 3.17. The predicted octanol–water partition coefficient (Wildman–Crippen LogP) is 3.61. The van der Waals surface area contributed by atoms with Crippen LogP contribution in [-0.4, -0.2) is 34.3 Å². The molecule has 0 bridgehead atoms. The van der Waals surface area contributed by atoms with Gasteiger partial charge in [0.15, 0.2) is 0 Å². The molecule has 1 aliphatic heterocycles. The summed E-state index contributed by atoms with van der Waals surface area (Å²) in [6.45, 7) is 2.95. The highest BCUT2D eigenvalue weighted by Crippen LogP contribution is 2.36. The van der Waals surface area contributed by atoms with E-state index < -0.39 is 0 Å². The first-order chi connectivity index (χ1) is 14.9. The number of aromatic nitrogens is 1. The summed E-state index contributed by atoms with van der Waals surface area (Å²) in [6.07, 6.45) is 4.64. The van der Waals surface area contributed by atoms with Gasteiger partial charge in [0.1, 0.15) is 11.9 Å². The number of hydrogen-bond donors (Lipinski definition) is 2. The van der Waals surface area contributed by atoms with Gasteiger partial charge in [-0.3, -0.25) is 9.59 Å². The highest BCUT2D eigenvalue weighted by atomic mass is 79.9. The molecule has 2 amide bonds. The van der Waals surface area contributed by atoms with Crippen LogP contribution in [0.25, 0.3) is 0 Å². The van der Waals surface area contributed by atoms with Crippen molar-refractivity contribution >= 4 is 33.6 Å². The molecular formula is C24H29BrN4O2. The molecule has 0 spiro atoms. The van der Waals surface area contributed by atoms with Crippen molar-refractivity contribution in [1.29, 1.82) is 0 Å². The highest BCUT2D eigenvalue weighted by Gasteiger charge is 2.42. The zero-order valence-corrected chi connectivity index (χ0v) is 19.4. The fourth-order valence-corrected chi connectivity index (χ4v) is 4.96. The zero-order valence-electron chi connectivity index (χ0n) is 17.8. The Labute approximate surface area is 191 Å². The van der Waals surface area contributed by atoms with Gasteiger partial charge in [-0.1, -0.05) is 34.1 Å². The molecule has 7 heteroatoms. The number of pyridine rings is 1. The van der Waals surface area contributed by atoms with Gasteiger partial charge in [0.05, 0.1) is 0 Å². The zero-order chi connectivity index (χ0) is 22.0. The van der Waals surface area contributed by atoms with Crippen molar-refractivity contribution in [3.8, 4) is 0 Å². The quantitative estimate of drug-likeness (QED) is 0.655. The topological polar surface area (TPSA) is 88.3 Å². The monoisotopic (exact) mass is 484 g/mol. The number of anilines is 1. The SMILES string of the molecule is Cc1nc(N)ccc1CNC(=O)[C@@H]1CCN1C(=O)[C@@H]1CC[C@@H](Cc2ccc(Br)cc2)C1. The number of aryl methyl sites for hydroxylation is 1. The van der Waals surface area contributed by atoms with Crippen LogP contribution in [0.5, 0.6) is 0 Å². The van der Waals surface area contributed by atoms with Crippen molar-refractivity contribution in [2.45, 2.75) is 51.6 Å². The summed E-state index contributed by atoms with van der Waals surface area (Å²) in [5.41, 5.74) is 8.75. The Balaban J connectivity index is 1.28. The van der Waals surface area contributed by atoms with Crippen molar-refractivity contribution in [3.05, 3.63) is 57.7 Å². The molecule has 0 unspecified atom stereocenters. The van der Waals surface area contributed by atoms with Crippen LogP contribution in [0.15, 0.2) is 40.9 Å². The summed E-state index contributed by atoms with van der Waals surface area (Å²) >= 11 is 3.47. The maximum Gasteiger partial charge on any atom is 0.243 e. The summed E-state index contributed by atoms with van der Waals surface area (Å²) in [7, 11) is 0. The Bertz CT molecular complexity index is 963. The highest BCUT2D eigenvalue weighted by molar-refractivity contribution is 9.10. The molecule has 31 heavy (non-hydrogen) atoms. The molecule has 3 atom stereocenters. The number of nitrogens with one attached hydrogen (secondary N) is 1. The third-order valence-electron chi connectivity index (χ3n) is 6.60. The molecule has 2 heterocycles. The first-order valence-electron chi connectivity index (χ1n) is 11.0. The van der Waals surface area contributed by atoms with Crippen LogP contribution in [0.3, 0.4) is 0 Å². The molecule has 2 aromatic rings. The number of hydrogen-bond acceptors (Lipinski definition) is 4. The number of nitrogen functional groups attached to an aromatic ring is 1. The molecule has 1 aliphatic carbocycles. The average molecular weight is 485 g/mol. The second-order valence-corrected chi connectivity index (χ2v) is 9.66. The number of amides is 2. The van der Waals surface area contributed by atoms with Gasteiger partial charge in [0.25, 0.3) is 0 Å². The third kappa shape index (κ3) is 5.09. The standard InChI is InChI=1S/C24H29BrN4O2/c1-15-19(6-9-22(26)28-15)14-27-23(30)21-10-11-29(21)24(31)18-5-2-17(13-18)12-16-3-7-20(25)8-4-16/h3-4,6-9,17-18,21H,2,5,10-14H2,1H3,(H2,26,28)(H,27,30)/t17-,18+,21-/m0/s1. The number of carbonyl (C=O) groups excluding carboxylic acids is 2. The molecule has 6 nitrogen and oxygen atoms in total. The van der Waals surface area contributed by atoms with Crippen LogP contribution in [0.1, 0.15) is 42.5 Å². The van der Waals surface area contributed by atoms with Gasteiger partial charge >= 0.3 is 0 Å². The van der Waals surface area contributed by atoms with Crippen LogP contribution >= 0.6 is 15.9 Å². The summed E-state index contributed by atoms with van der Waals surface area (Å²) in [6, 6.07) is 11.7. The first kappa shape index (κ1) is 21.8. The maximum atomic E-state index is 13.1. The predicted molar refractivity (Wildman–Crippen MR) is 124 cm³/mol. The molecular weight excluding hydrogens is 456 g/mol. The van der Waals surface area contributed by atoms with E-state index in [9.17, 15) is 9.59 Å². The van der Waals surface area contributed by atoms with Gasteiger partial charge in [-0.15, -0.1) is 0 Å². The third-order valence-corrected chi connectivity index (χ3v) is 7.13. The number of benzene rings is 1. The maximum absolute atomic E-state index is 13.1. The van der Waals surface area contributed by atoms with E-state index >= 15 is 0 Å². The fraction of sp³-hybridized carbons (Fsp3) is 0.458. The lowest BCUT2D eigenvalue weighted by Gasteiger charge is -2.41. The second kappa shape index (κ2) is 9.39. The van der Waals surface area contributed by atoms with E-state index in [2.05, 4.69) is 50.5 Å². The Morgan fingerprint density at radius 3 is 2.61 bits per heavy atom. The normalized spacial score (nSPS) is 22.8. The van der Waals surface area contributed by atoms with Crippen LogP contribution in [-0.2, 0) is 22.6 Å². The van der Waals surface area contributed by atoms with Crippen LogP contribution in [0.2, 0.25) is 0 Å². The van der Waals surface area contributed by atoms with Crippen molar-refractivity contribution in [1.82, 2.24) is 15.2 Å². The van der Waals surface area contributed by atoms with Gasteiger partial charge in [-0.2, -0.15) is 0 Å². The molecule has 4 rings (SSSR count). The van der Waals surface area contributed by atoms with Crippen LogP contribution < -0.4 is 11.1 Å². The minimum atomic E-state index is -0.347. The minimum absolute atomic E-state index is 0.0413. The number of rotatable bonds is 6. The number of nitrogens with two attached hydrogens (primary N) is 1. The molecule has 2 aliphatic rings. The first-order valence-corrected chi connectivity index (χ1v) is 11.7. The lowest BCUT2D eigenvalue weighted by atomic mass is 9.94. The van der Waals surface area contributed by atoms with Gasteiger partial charge in [-0.25, -0.2) is 4.98 Å². The van der Waals surface area contributed by atoms with Crippen molar-refractivity contribution in [3.63, 3.8) is 0 Å². The van der Waals surface area contributed by atoms with Gasteiger partial charge in [-0.05, 0) is 74.3 Å². The Kier molecular flexibility index (Phi) is 6.60. The number of halogens is 1. The van der Waals surface area contributed by atoms with Gasteiger partial charge in [0, 0.05) is 29.2 Å². The van der Waals surface area contributed by atoms with Crippen LogP contribution in [0, 0.1) is 18.8 Å². The van der Waals surface area contributed by atoms with E-state index in [0.29, 0.717) is 24.8 Å². The largest absolute Gasteiger partial charge is 0.384 e. The Morgan fingerprint density at radius 1 is 1.16 bits per heavy atom. The molecule has 3 N–H and O–H groups in total. The second-order valence-electron chi connectivity index (χ2n) is 8.74. The van der Waals surface area contributed by atoms with Crippen molar-refractivity contribution < 1.29 is 9.59 Å². The molecule has 2 fully saturated rings. The van der Waals surface area contributed by atoms with E-state index in [4.69, 9.17) is 5.73 Å².